The molecular formula is C17H16N2O4S. The Hall–Kier alpha value is -2.54. The van der Waals surface area contributed by atoms with Crippen molar-refractivity contribution in [2.24, 2.45) is 0 Å². The van der Waals surface area contributed by atoms with Gasteiger partial charge in [0.1, 0.15) is 11.3 Å². The summed E-state index contributed by atoms with van der Waals surface area (Å²) in [6, 6.07) is 12.1. The van der Waals surface area contributed by atoms with Gasteiger partial charge in [-0.05, 0) is 32.0 Å². The maximum Gasteiger partial charge on any atom is 0.270 e. The van der Waals surface area contributed by atoms with Crippen molar-refractivity contribution in [3.8, 4) is 5.75 Å². The van der Waals surface area contributed by atoms with Gasteiger partial charge >= 0.3 is 0 Å². The van der Waals surface area contributed by atoms with Crippen molar-refractivity contribution in [2.45, 2.75) is 30.9 Å². The van der Waals surface area contributed by atoms with E-state index in [9.17, 15) is 10.1 Å². The van der Waals surface area contributed by atoms with Gasteiger partial charge in [0.25, 0.3) is 10.9 Å². The fourth-order valence-corrected chi connectivity index (χ4v) is 3.03. The highest BCUT2D eigenvalue weighted by Crippen LogP contribution is 2.32. The third kappa shape index (κ3) is 3.68. The van der Waals surface area contributed by atoms with Crippen LogP contribution >= 0.6 is 11.8 Å². The van der Waals surface area contributed by atoms with Crippen molar-refractivity contribution in [3.05, 3.63) is 58.1 Å². The first kappa shape index (κ1) is 16.3. The molecule has 24 heavy (non-hydrogen) atoms. The minimum atomic E-state index is -0.410. The molecule has 124 valence electrons. The molecular weight excluding hydrogens is 328 g/mol. The Morgan fingerprint density at radius 2 is 2.08 bits per heavy atom. The van der Waals surface area contributed by atoms with E-state index in [0.29, 0.717) is 16.7 Å². The number of oxazole rings is 1. The molecule has 0 saturated heterocycles. The summed E-state index contributed by atoms with van der Waals surface area (Å²) in [5.74, 6) is 1.11. The molecule has 0 atom stereocenters. The van der Waals surface area contributed by atoms with Crippen LogP contribution < -0.4 is 4.74 Å². The van der Waals surface area contributed by atoms with E-state index in [0.717, 1.165) is 16.7 Å². The number of ether oxygens (including phenoxy) is 1. The number of nitro groups is 1. The van der Waals surface area contributed by atoms with E-state index in [1.54, 1.807) is 6.07 Å². The monoisotopic (exact) mass is 344 g/mol. The number of fused-ring (bicyclic) bond motifs is 1. The third-order valence-corrected chi connectivity index (χ3v) is 4.12. The summed E-state index contributed by atoms with van der Waals surface area (Å²) in [7, 11) is 0. The lowest BCUT2D eigenvalue weighted by Crippen LogP contribution is -2.07. The van der Waals surface area contributed by atoms with Gasteiger partial charge in [0.05, 0.1) is 11.0 Å². The molecule has 0 spiro atoms. The van der Waals surface area contributed by atoms with Gasteiger partial charge in [-0.15, -0.1) is 0 Å². The van der Waals surface area contributed by atoms with Crippen LogP contribution in [0.1, 0.15) is 19.4 Å². The van der Waals surface area contributed by atoms with Gasteiger partial charge in [0.15, 0.2) is 5.58 Å². The molecule has 1 aromatic heterocycles. The molecule has 7 heteroatoms. The standard InChI is InChI=1S/C17H16N2O4S/c1-11(2)22-15-8-7-13(19(20)21)9-12(15)10-24-17-18-14-5-3-4-6-16(14)23-17/h3-9,11H,10H2,1-2H3. The number of nitrogens with zero attached hydrogens (tertiary/aromatic N) is 2. The molecule has 3 rings (SSSR count). The van der Waals surface area contributed by atoms with Crippen molar-refractivity contribution < 1.29 is 14.1 Å². The van der Waals surface area contributed by atoms with Crippen molar-refractivity contribution >= 4 is 28.5 Å². The van der Waals surface area contributed by atoms with E-state index in [1.807, 2.05) is 38.1 Å². The first-order chi connectivity index (χ1) is 11.5. The quantitative estimate of drug-likeness (QED) is 0.362. The minimum absolute atomic E-state index is 0.0143. The first-order valence-electron chi connectivity index (χ1n) is 7.45. The Balaban J connectivity index is 1.83. The second-order valence-corrected chi connectivity index (χ2v) is 6.38. The molecule has 0 bridgehead atoms. The smallest absolute Gasteiger partial charge is 0.270 e. The number of aromatic nitrogens is 1. The molecule has 0 radical (unpaired) electrons. The molecule has 6 nitrogen and oxygen atoms in total. The Bertz CT molecular complexity index is 843. The van der Waals surface area contributed by atoms with E-state index in [-0.39, 0.29) is 11.8 Å². The van der Waals surface area contributed by atoms with Gasteiger partial charge in [0.2, 0.25) is 0 Å². The number of para-hydroxylation sites is 2. The van der Waals surface area contributed by atoms with Crippen LogP contribution in [0.15, 0.2) is 52.1 Å². The Morgan fingerprint density at radius 3 is 2.79 bits per heavy atom. The summed E-state index contributed by atoms with van der Waals surface area (Å²) in [5, 5.41) is 11.5. The Morgan fingerprint density at radius 1 is 1.29 bits per heavy atom. The molecule has 0 saturated carbocycles. The van der Waals surface area contributed by atoms with Crippen LogP contribution in [0.4, 0.5) is 5.69 Å². The molecule has 1 heterocycles. The van der Waals surface area contributed by atoms with Gasteiger partial charge in [0, 0.05) is 23.4 Å². The fourth-order valence-electron chi connectivity index (χ4n) is 2.21. The molecule has 0 unspecified atom stereocenters. The number of hydrogen-bond donors (Lipinski definition) is 0. The number of hydrogen-bond acceptors (Lipinski definition) is 6. The van der Waals surface area contributed by atoms with Crippen molar-refractivity contribution in [1.82, 2.24) is 4.98 Å². The number of benzene rings is 2. The summed E-state index contributed by atoms with van der Waals surface area (Å²) >= 11 is 1.38. The second kappa shape index (κ2) is 6.92. The number of rotatable bonds is 6. The van der Waals surface area contributed by atoms with E-state index < -0.39 is 4.92 Å². The van der Waals surface area contributed by atoms with Crippen LogP contribution in [0.5, 0.6) is 5.75 Å². The summed E-state index contributed by atoms with van der Waals surface area (Å²) in [6.45, 7) is 3.83. The van der Waals surface area contributed by atoms with Crippen molar-refractivity contribution in [2.75, 3.05) is 0 Å². The fraction of sp³-hybridized carbons (Fsp3) is 0.235. The van der Waals surface area contributed by atoms with Gasteiger partial charge < -0.3 is 9.15 Å². The zero-order valence-electron chi connectivity index (χ0n) is 13.3. The lowest BCUT2D eigenvalue weighted by molar-refractivity contribution is -0.384. The van der Waals surface area contributed by atoms with Crippen LogP contribution in [0, 0.1) is 10.1 Å². The minimum Gasteiger partial charge on any atom is -0.491 e. The normalized spacial score (nSPS) is 11.1. The predicted octanol–water partition coefficient (Wildman–Crippen LogP) is 4.82. The molecule has 2 aromatic carbocycles. The van der Waals surface area contributed by atoms with E-state index in [4.69, 9.17) is 9.15 Å². The Kier molecular flexibility index (Phi) is 4.71. The summed E-state index contributed by atoms with van der Waals surface area (Å²) in [4.78, 5) is 15.0. The van der Waals surface area contributed by atoms with Gasteiger partial charge in [-0.2, -0.15) is 0 Å². The lowest BCUT2D eigenvalue weighted by atomic mass is 10.2. The zero-order valence-corrected chi connectivity index (χ0v) is 14.1. The lowest BCUT2D eigenvalue weighted by Gasteiger charge is -2.13. The van der Waals surface area contributed by atoms with E-state index >= 15 is 0 Å². The van der Waals surface area contributed by atoms with Crippen LogP contribution in [0.2, 0.25) is 0 Å². The Labute approximate surface area is 143 Å². The summed E-state index contributed by atoms with van der Waals surface area (Å²) in [5.41, 5.74) is 2.29. The van der Waals surface area contributed by atoms with Gasteiger partial charge in [-0.25, -0.2) is 4.98 Å². The van der Waals surface area contributed by atoms with Crippen LogP contribution in [0.25, 0.3) is 11.1 Å². The molecule has 0 fully saturated rings. The summed E-state index contributed by atoms with van der Waals surface area (Å²) < 4.78 is 11.4. The molecule has 0 aliphatic carbocycles. The van der Waals surface area contributed by atoms with E-state index in [1.165, 1.54) is 23.9 Å². The average molecular weight is 344 g/mol. The highest BCUT2D eigenvalue weighted by atomic mass is 32.2. The SMILES string of the molecule is CC(C)Oc1ccc([N+](=O)[O-])cc1CSc1nc2ccccc2o1. The number of thioether (sulfide) groups is 1. The molecule has 0 aliphatic rings. The topological polar surface area (TPSA) is 78.4 Å². The maximum absolute atomic E-state index is 11.0. The van der Waals surface area contributed by atoms with Crippen LogP contribution in [0.3, 0.4) is 0 Å². The van der Waals surface area contributed by atoms with Crippen molar-refractivity contribution in [1.29, 1.82) is 0 Å². The highest BCUT2D eigenvalue weighted by molar-refractivity contribution is 7.98. The number of non-ortho nitro benzene ring substituents is 1. The molecule has 0 N–H and O–H groups in total. The highest BCUT2D eigenvalue weighted by Gasteiger charge is 2.14. The van der Waals surface area contributed by atoms with Crippen molar-refractivity contribution in [3.63, 3.8) is 0 Å². The van der Waals surface area contributed by atoms with E-state index in [2.05, 4.69) is 4.98 Å². The van der Waals surface area contributed by atoms with Crippen LogP contribution in [-0.2, 0) is 5.75 Å². The third-order valence-electron chi connectivity index (χ3n) is 3.24. The largest absolute Gasteiger partial charge is 0.491 e. The predicted molar refractivity (Wildman–Crippen MR) is 92.4 cm³/mol. The second-order valence-electron chi connectivity index (χ2n) is 5.45. The molecule has 3 aromatic rings. The maximum atomic E-state index is 11.0. The molecule has 0 aliphatic heterocycles. The van der Waals surface area contributed by atoms with Gasteiger partial charge in [-0.3, -0.25) is 10.1 Å². The van der Waals surface area contributed by atoms with Crippen LogP contribution in [-0.4, -0.2) is 16.0 Å². The average Bonchev–Trinajstić information content (AvgIpc) is 2.96. The zero-order chi connectivity index (χ0) is 17.1. The number of nitro benzene ring substituents is 1. The van der Waals surface area contributed by atoms with Gasteiger partial charge in [-0.1, -0.05) is 23.9 Å². The summed E-state index contributed by atoms with van der Waals surface area (Å²) in [6.07, 6.45) is -0.0143. The first-order valence-corrected chi connectivity index (χ1v) is 8.44. The molecule has 0 amide bonds.